The van der Waals surface area contributed by atoms with E-state index in [-0.39, 0.29) is 17.4 Å². The van der Waals surface area contributed by atoms with E-state index in [2.05, 4.69) is 20.8 Å². The van der Waals surface area contributed by atoms with Gasteiger partial charge in [-0.2, -0.15) is 0 Å². The number of carbonyl (C=O) groups is 3. The zero-order chi connectivity index (χ0) is 23.7. The number of β-lactam (4-membered cyclic amide) rings is 1. The number of benzene rings is 1. The van der Waals surface area contributed by atoms with Gasteiger partial charge in [0.05, 0.1) is 15.8 Å². The lowest BCUT2D eigenvalue weighted by Gasteiger charge is -2.49. The van der Waals surface area contributed by atoms with Crippen LogP contribution < -0.4 is 5.32 Å². The van der Waals surface area contributed by atoms with E-state index in [9.17, 15) is 19.5 Å². The second kappa shape index (κ2) is 10.1. The maximum absolute atomic E-state index is 12.8. The van der Waals surface area contributed by atoms with Crippen molar-refractivity contribution in [1.29, 1.82) is 0 Å². The van der Waals surface area contributed by atoms with Gasteiger partial charge in [-0.25, -0.2) is 9.48 Å². The zero-order valence-corrected chi connectivity index (χ0v) is 20.9. The fraction of sp³-hybridized carbons (Fsp3) is 0.333. The maximum atomic E-state index is 12.8. The average molecular weight is 547 g/mol. The smallest absolute Gasteiger partial charge is 0.352 e. The molecule has 33 heavy (non-hydrogen) atoms. The van der Waals surface area contributed by atoms with Gasteiger partial charge in [-0.05, 0) is 34.2 Å². The van der Waals surface area contributed by atoms with Crippen LogP contribution in [0.25, 0.3) is 0 Å². The van der Waals surface area contributed by atoms with E-state index in [1.54, 1.807) is 25.2 Å². The first-order valence-corrected chi connectivity index (χ1v) is 13.2. The predicted molar refractivity (Wildman–Crippen MR) is 126 cm³/mol. The Kier molecular flexibility index (Phi) is 7.43. The Balaban J connectivity index is 1.38. The molecule has 0 bridgehead atoms. The molecule has 1 unspecified atom stereocenters. The summed E-state index contributed by atoms with van der Waals surface area (Å²) in [6, 6.07) is 4.28. The number of thioether (sulfide) groups is 3. The molecular formula is C18H16Cl2N6O4S3. The quantitative estimate of drug-likeness (QED) is 0.375. The number of carboxylic acid groups (broad SMARTS) is 1. The number of nitrogens with one attached hydrogen (secondary N) is 1. The third-order valence-electron chi connectivity index (χ3n) is 4.78. The first kappa shape index (κ1) is 24.2. The molecule has 10 nitrogen and oxygen atoms in total. The van der Waals surface area contributed by atoms with E-state index in [0.717, 1.165) is 4.90 Å². The Bertz CT molecular complexity index is 1160. The highest BCUT2D eigenvalue weighted by molar-refractivity contribution is 8.01. The number of carbonyl (C=O) groups excluding carboxylic acids is 2. The molecule has 0 aliphatic carbocycles. The summed E-state index contributed by atoms with van der Waals surface area (Å²) in [5.41, 5.74) is 0.562. The lowest BCUT2D eigenvalue weighted by molar-refractivity contribution is -0.150. The van der Waals surface area contributed by atoms with Crippen molar-refractivity contribution in [1.82, 2.24) is 30.4 Å². The number of halogens is 2. The molecule has 15 heteroatoms. The van der Waals surface area contributed by atoms with E-state index >= 15 is 0 Å². The fourth-order valence-corrected chi connectivity index (χ4v) is 6.66. The SMILES string of the molecule is Cn1nnnc1SCC1=C(C(=O)O)N2C(=O)C(NC(=O)CSc3ccc(Cl)c(Cl)c3)[C@H]2SC1. The van der Waals surface area contributed by atoms with Gasteiger partial charge in [0.1, 0.15) is 17.1 Å². The summed E-state index contributed by atoms with van der Waals surface area (Å²) < 4.78 is 1.49. The number of fused-ring (bicyclic) bond motifs is 1. The van der Waals surface area contributed by atoms with Crippen LogP contribution in [0, 0.1) is 0 Å². The minimum atomic E-state index is -1.18. The van der Waals surface area contributed by atoms with Gasteiger partial charge in [-0.3, -0.25) is 14.5 Å². The van der Waals surface area contributed by atoms with Crippen LogP contribution in [-0.4, -0.2) is 76.7 Å². The Morgan fingerprint density at radius 3 is 2.76 bits per heavy atom. The van der Waals surface area contributed by atoms with Gasteiger partial charge in [-0.15, -0.1) is 28.6 Å². The molecule has 3 heterocycles. The molecular weight excluding hydrogens is 531 g/mol. The normalized spacial score (nSPS) is 19.8. The molecule has 1 aromatic carbocycles. The summed E-state index contributed by atoms with van der Waals surface area (Å²) in [7, 11) is 1.69. The second-order valence-corrected chi connectivity index (χ2v) is 10.9. The van der Waals surface area contributed by atoms with Crippen molar-refractivity contribution in [3.05, 3.63) is 39.5 Å². The van der Waals surface area contributed by atoms with Crippen LogP contribution in [0.5, 0.6) is 0 Å². The van der Waals surface area contributed by atoms with Gasteiger partial charge in [0, 0.05) is 23.4 Å². The predicted octanol–water partition coefficient (Wildman–Crippen LogP) is 2.14. The van der Waals surface area contributed by atoms with Crippen LogP contribution >= 0.6 is 58.5 Å². The number of rotatable bonds is 8. The van der Waals surface area contributed by atoms with Crippen molar-refractivity contribution < 1.29 is 19.5 Å². The summed E-state index contributed by atoms with van der Waals surface area (Å²) in [5, 5.41) is 24.5. The van der Waals surface area contributed by atoms with Crippen molar-refractivity contribution in [2.45, 2.75) is 21.5 Å². The molecule has 2 atom stereocenters. The molecule has 2 aromatic rings. The lowest BCUT2D eigenvalue weighted by atomic mass is 10.0. The number of amides is 2. The Morgan fingerprint density at radius 1 is 1.30 bits per heavy atom. The molecule has 2 aliphatic heterocycles. The monoisotopic (exact) mass is 546 g/mol. The van der Waals surface area contributed by atoms with Crippen LogP contribution in [0.1, 0.15) is 0 Å². The molecule has 1 aromatic heterocycles. The van der Waals surface area contributed by atoms with E-state index in [1.165, 1.54) is 44.9 Å². The lowest BCUT2D eigenvalue weighted by Crippen LogP contribution is -2.70. The summed E-state index contributed by atoms with van der Waals surface area (Å²) in [6.07, 6.45) is 0. The third kappa shape index (κ3) is 5.11. The van der Waals surface area contributed by atoms with Gasteiger partial charge >= 0.3 is 5.97 Å². The van der Waals surface area contributed by atoms with E-state index < -0.39 is 23.3 Å². The maximum Gasteiger partial charge on any atom is 0.352 e. The van der Waals surface area contributed by atoms with Crippen LogP contribution in [-0.2, 0) is 21.4 Å². The standard InChI is InChI=1S/C18H16Cl2N6O4S3/c1-25-18(22-23-24-25)33-6-8-5-32-16-13(15(28)26(16)14(8)17(29)30)21-12(27)7-31-9-2-3-10(19)11(20)4-9/h2-4,13,16H,5-7H2,1H3,(H,21,27)(H,29,30)/t13?,16-/m1/s1. The van der Waals surface area contributed by atoms with Gasteiger partial charge in [-0.1, -0.05) is 35.0 Å². The van der Waals surface area contributed by atoms with Gasteiger partial charge in [0.2, 0.25) is 11.1 Å². The highest BCUT2D eigenvalue weighted by atomic mass is 35.5. The van der Waals surface area contributed by atoms with Gasteiger partial charge < -0.3 is 10.4 Å². The number of hydrogen-bond acceptors (Lipinski definition) is 9. The van der Waals surface area contributed by atoms with Crippen molar-refractivity contribution in [3.8, 4) is 0 Å². The van der Waals surface area contributed by atoms with E-state index in [0.29, 0.717) is 32.3 Å². The number of nitrogens with zero attached hydrogens (tertiary/aromatic N) is 5. The van der Waals surface area contributed by atoms with E-state index in [4.69, 9.17) is 23.2 Å². The van der Waals surface area contributed by atoms with Crippen molar-refractivity contribution in [2.75, 3.05) is 17.3 Å². The summed E-state index contributed by atoms with van der Waals surface area (Å²) >= 11 is 15.8. The molecule has 0 saturated carbocycles. The third-order valence-corrected chi connectivity index (χ3v) is 8.95. The minimum Gasteiger partial charge on any atom is -0.477 e. The number of carboxylic acids is 1. The minimum absolute atomic E-state index is 0.0398. The number of tetrazole rings is 1. The average Bonchev–Trinajstić information content (AvgIpc) is 3.20. The fourth-order valence-electron chi connectivity index (χ4n) is 3.22. The largest absolute Gasteiger partial charge is 0.477 e. The summed E-state index contributed by atoms with van der Waals surface area (Å²) in [5.74, 6) is -1.13. The Morgan fingerprint density at radius 2 is 2.09 bits per heavy atom. The molecule has 2 amide bonds. The summed E-state index contributed by atoms with van der Waals surface area (Å²) in [6.45, 7) is 0. The topological polar surface area (TPSA) is 130 Å². The van der Waals surface area contributed by atoms with Crippen molar-refractivity contribution >= 4 is 76.3 Å². The molecule has 2 N–H and O–H groups in total. The molecule has 174 valence electrons. The van der Waals surface area contributed by atoms with E-state index in [1.807, 2.05) is 0 Å². The molecule has 0 spiro atoms. The molecule has 2 aliphatic rings. The molecule has 1 fully saturated rings. The number of aliphatic carboxylic acids is 1. The second-order valence-electron chi connectivity index (χ2n) is 6.95. The first-order chi connectivity index (χ1) is 15.8. The highest BCUT2D eigenvalue weighted by Crippen LogP contribution is 2.41. The molecule has 1 saturated heterocycles. The highest BCUT2D eigenvalue weighted by Gasteiger charge is 2.54. The van der Waals surface area contributed by atoms with Crippen LogP contribution in [0.15, 0.2) is 39.5 Å². The Labute approximate surface area is 210 Å². The molecule has 0 radical (unpaired) electrons. The van der Waals surface area contributed by atoms with Crippen LogP contribution in [0.4, 0.5) is 0 Å². The van der Waals surface area contributed by atoms with Gasteiger partial charge in [0.15, 0.2) is 0 Å². The number of aromatic nitrogens is 4. The summed E-state index contributed by atoms with van der Waals surface area (Å²) in [4.78, 5) is 39.1. The van der Waals surface area contributed by atoms with Crippen LogP contribution in [0.3, 0.4) is 0 Å². The van der Waals surface area contributed by atoms with Crippen molar-refractivity contribution in [2.24, 2.45) is 7.05 Å². The number of hydrogen-bond donors (Lipinski definition) is 2. The first-order valence-electron chi connectivity index (χ1n) is 9.38. The molecule has 4 rings (SSSR count). The number of aryl methyl sites for hydroxylation is 1. The van der Waals surface area contributed by atoms with Gasteiger partial charge in [0.25, 0.3) is 5.91 Å². The van der Waals surface area contributed by atoms with Crippen molar-refractivity contribution in [3.63, 3.8) is 0 Å². The Hall–Kier alpha value is -1.93. The zero-order valence-electron chi connectivity index (χ0n) is 16.9. The van der Waals surface area contributed by atoms with Crippen LogP contribution in [0.2, 0.25) is 10.0 Å².